The van der Waals surface area contributed by atoms with Gasteiger partial charge in [0.15, 0.2) is 5.69 Å². The van der Waals surface area contributed by atoms with Gasteiger partial charge in [0.05, 0.1) is 13.0 Å². The van der Waals surface area contributed by atoms with E-state index in [-0.39, 0.29) is 18.1 Å². The molecule has 15 heavy (non-hydrogen) atoms. The lowest BCUT2D eigenvalue weighted by Gasteiger charge is -2.02. The summed E-state index contributed by atoms with van der Waals surface area (Å²) in [5, 5.41) is 8.62. The second-order valence-electron chi connectivity index (χ2n) is 2.80. The van der Waals surface area contributed by atoms with Crippen molar-refractivity contribution in [1.29, 1.82) is 5.26 Å². The van der Waals surface area contributed by atoms with Crippen LogP contribution in [0, 0.1) is 11.3 Å². The molecule has 0 aliphatic carbocycles. The highest BCUT2D eigenvalue weighted by molar-refractivity contribution is 7.80. The second kappa shape index (κ2) is 5.37. The molecule has 1 heterocycles. The first kappa shape index (κ1) is 11.5. The lowest BCUT2D eigenvalue weighted by atomic mass is 10.2. The van der Waals surface area contributed by atoms with Crippen LogP contribution in [-0.2, 0) is 16.0 Å². The molecule has 1 aromatic rings. The summed E-state index contributed by atoms with van der Waals surface area (Å²) in [6, 6.07) is 3.54. The van der Waals surface area contributed by atoms with Gasteiger partial charge in [-0.05, 0) is 18.6 Å². The predicted octanol–water partition coefficient (Wildman–Crippen LogP) is 1.35. The molecule has 0 fully saturated rings. The Balaban J connectivity index is 2.76. The number of rotatable bonds is 3. The van der Waals surface area contributed by atoms with Gasteiger partial charge in [0.1, 0.15) is 6.07 Å². The quantitative estimate of drug-likeness (QED) is 0.619. The standard InChI is InChI=1S/C10H10N2O2S/c1-2-14-10(13)4-7-3-9(15)8(5-11)12-6-7/h3,6,15H,2,4H2,1H3. The van der Waals surface area contributed by atoms with Crippen molar-refractivity contribution in [2.75, 3.05) is 6.61 Å². The highest BCUT2D eigenvalue weighted by atomic mass is 32.1. The first-order valence-corrected chi connectivity index (χ1v) is 4.85. The van der Waals surface area contributed by atoms with Crippen LogP contribution in [0.5, 0.6) is 0 Å². The van der Waals surface area contributed by atoms with Crippen molar-refractivity contribution in [2.24, 2.45) is 0 Å². The summed E-state index contributed by atoms with van der Waals surface area (Å²) in [5.41, 5.74) is 0.948. The van der Waals surface area contributed by atoms with Crippen LogP contribution in [0.15, 0.2) is 17.2 Å². The molecule has 0 bridgehead atoms. The molecule has 0 N–H and O–H groups in total. The third-order valence-electron chi connectivity index (χ3n) is 1.68. The van der Waals surface area contributed by atoms with Crippen molar-refractivity contribution < 1.29 is 9.53 Å². The number of thiol groups is 1. The zero-order valence-electron chi connectivity index (χ0n) is 8.23. The summed E-state index contributed by atoms with van der Waals surface area (Å²) in [5.74, 6) is -0.309. The molecule has 5 heteroatoms. The van der Waals surface area contributed by atoms with E-state index in [1.165, 1.54) is 6.20 Å². The van der Waals surface area contributed by atoms with E-state index in [1.807, 2.05) is 6.07 Å². The molecule has 0 amide bonds. The smallest absolute Gasteiger partial charge is 0.310 e. The number of aromatic nitrogens is 1. The number of pyridine rings is 1. The highest BCUT2D eigenvalue weighted by Crippen LogP contribution is 2.12. The third kappa shape index (κ3) is 3.26. The van der Waals surface area contributed by atoms with Gasteiger partial charge in [-0.3, -0.25) is 4.79 Å². The molecule has 0 radical (unpaired) electrons. The van der Waals surface area contributed by atoms with Gasteiger partial charge in [-0.2, -0.15) is 5.26 Å². The van der Waals surface area contributed by atoms with Crippen LogP contribution in [0.4, 0.5) is 0 Å². The van der Waals surface area contributed by atoms with Crippen LogP contribution in [-0.4, -0.2) is 17.6 Å². The van der Waals surface area contributed by atoms with Gasteiger partial charge >= 0.3 is 5.97 Å². The Labute approximate surface area is 93.3 Å². The van der Waals surface area contributed by atoms with Crippen LogP contribution in [0.1, 0.15) is 18.2 Å². The molecular weight excluding hydrogens is 212 g/mol. The van der Waals surface area contributed by atoms with Crippen molar-refractivity contribution in [3.8, 4) is 6.07 Å². The molecule has 0 atom stereocenters. The van der Waals surface area contributed by atoms with Crippen LogP contribution >= 0.6 is 12.6 Å². The summed E-state index contributed by atoms with van der Waals surface area (Å²) in [6.07, 6.45) is 1.63. The van der Waals surface area contributed by atoms with Crippen molar-refractivity contribution in [1.82, 2.24) is 4.98 Å². The monoisotopic (exact) mass is 222 g/mol. The number of esters is 1. The fraction of sp³-hybridized carbons (Fsp3) is 0.300. The van der Waals surface area contributed by atoms with Gasteiger partial charge in [-0.25, -0.2) is 4.98 Å². The predicted molar refractivity (Wildman–Crippen MR) is 56.5 cm³/mol. The van der Waals surface area contributed by atoms with E-state index in [4.69, 9.17) is 10.00 Å². The lowest BCUT2D eigenvalue weighted by Crippen LogP contribution is -2.08. The summed E-state index contributed by atoms with van der Waals surface area (Å²) in [7, 11) is 0. The Kier molecular flexibility index (Phi) is 4.13. The van der Waals surface area contributed by atoms with E-state index in [2.05, 4.69) is 17.6 Å². The van der Waals surface area contributed by atoms with Crippen LogP contribution in [0.25, 0.3) is 0 Å². The first-order chi connectivity index (χ1) is 7.17. The molecule has 1 aromatic heterocycles. The van der Waals surface area contributed by atoms with Crippen molar-refractivity contribution in [2.45, 2.75) is 18.2 Å². The molecule has 0 aromatic carbocycles. The number of ether oxygens (including phenoxy) is 1. The molecule has 0 unspecified atom stereocenters. The fourth-order valence-corrected chi connectivity index (χ4v) is 1.33. The Morgan fingerprint density at radius 3 is 3.00 bits per heavy atom. The van der Waals surface area contributed by atoms with Crippen LogP contribution in [0.3, 0.4) is 0 Å². The average Bonchev–Trinajstić information content (AvgIpc) is 2.18. The average molecular weight is 222 g/mol. The maximum absolute atomic E-state index is 11.1. The molecule has 4 nitrogen and oxygen atoms in total. The van der Waals surface area contributed by atoms with E-state index in [1.54, 1.807) is 13.0 Å². The van der Waals surface area contributed by atoms with Gasteiger partial charge in [0.2, 0.25) is 0 Å². The van der Waals surface area contributed by atoms with Crippen molar-refractivity contribution >= 4 is 18.6 Å². The minimum Gasteiger partial charge on any atom is -0.466 e. The third-order valence-corrected chi connectivity index (χ3v) is 2.02. The number of hydrogen-bond donors (Lipinski definition) is 1. The Hall–Kier alpha value is -1.54. The molecule has 0 saturated heterocycles. The Morgan fingerprint density at radius 1 is 1.73 bits per heavy atom. The summed E-state index contributed by atoms with van der Waals surface area (Å²) < 4.78 is 4.79. The van der Waals surface area contributed by atoms with E-state index in [0.29, 0.717) is 17.1 Å². The normalized spacial score (nSPS) is 9.40. The van der Waals surface area contributed by atoms with E-state index < -0.39 is 0 Å². The molecule has 0 aliphatic rings. The second-order valence-corrected chi connectivity index (χ2v) is 3.29. The van der Waals surface area contributed by atoms with E-state index in [9.17, 15) is 4.79 Å². The lowest BCUT2D eigenvalue weighted by molar-refractivity contribution is -0.142. The molecule has 0 aliphatic heterocycles. The zero-order chi connectivity index (χ0) is 11.3. The zero-order valence-corrected chi connectivity index (χ0v) is 9.12. The number of nitrogens with zero attached hydrogens (tertiary/aromatic N) is 2. The van der Waals surface area contributed by atoms with Gasteiger partial charge in [-0.15, -0.1) is 12.6 Å². The molecule has 78 valence electrons. The maximum atomic E-state index is 11.1. The van der Waals surface area contributed by atoms with E-state index in [0.717, 1.165) is 0 Å². The molecule has 0 saturated carbocycles. The number of hydrogen-bond acceptors (Lipinski definition) is 5. The maximum Gasteiger partial charge on any atom is 0.310 e. The van der Waals surface area contributed by atoms with Crippen LogP contribution < -0.4 is 0 Å². The largest absolute Gasteiger partial charge is 0.466 e. The summed E-state index contributed by atoms with van der Waals surface area (Å²) in [6.45, 7) is 2.11. The molecule has 0 spiro atoms. The van der Waals surface area contributed by atoms with Gasteiger partial charge < -0.3 is 4.74 Å². The summed E-state index contributed by atoms with van der Waals surface area (Å²) in [4.78, 5) is 15.5. The van der Waals surface area contributed by atoms with Gasteiger partial charge in [-0.1, -0.05) is 0 Å². The Morgan fingerprint density at radius 2 is 2.47 bits per heavy atom. The van der Waals surface area contributed by atoms with Crippen molar-refractivity contribution in [3.63, 3.8) is 0 Å². The van der Waals surface area contributed by atoms with Crippen LogP contribution in [0.2, 0.25) is 0 Å². The minimum absolute atomic E-state index is 0.153. The van der Waals surface area contributed by atoms with E-state index >= 15 is 0 Å². The van der Waals surface area contributed by atoms with Gasteiger partial charge in [0, 0.05) is 11.1 Å². The fourth-order valence-electron chi connectivity index (χ4n) is 1.06. The topological polar surface area (TPSA) is 63.0 Å². The SMILES string of the molecule is CCOC(=O)Cc1cnc(C#N)c(S)c1. The first-order valence-electron chi connectivity index (χ1n) is 4.41. The van der Waals surface area contributed by atoms with Gasteiger partial charge in [0.25, 0.3) is 0 Å². The van der Waals surface area contributed by atoms with Crippen molar-refractivity contribution in [3.05, 3.63) is 23.5 Å². The summed E-state index contributed by atoms with van der Waals surface area (Å²) >= 11 is 4.09. The minimum atomic E-state index is -0.309. The highest BCUT2D eigenvalue weighted by Gasteiger charge is 2.06. The number of carbonyl (C=O) groups excluding carboxylic acids is 1. The Bertz CT molecular complexity index is 412. The molecule has 1 rings (SSSR count). The molecular formula is C10H10N2O2S. The number of nitriles is 1. The number of carbonyl (C=O) groups is 1.